The maximum atomic E-state index is 11.2. The van der Waals surface area contributed by atoms with Gasteiger partial charge in [0.05, 0.1) is 34.6 Å². The average molecular weight is 595 g/mol. The van der Waals surface area contributed by atoms with Crippen molar-refractivity contribution in [1.82, 2.24) is 24.1 Å². The normalized spacial score (nSPS) is 13.2. The first-order chi connectivity index (χ1) is 20.9. The highest BCUT2D eigenvalue weighted by Gasteiger charge is 2.25. The van der Waals surface area contributed by atoms with Crippen LogP contribution in [0, 0.1) is 0 Å². The van der Waals surface area contributed by atoms with Crippen LogP contribution in [0.3, 0.4) is 0 Å². The quantitative estimate of drug-likeness (QED) is 0.105. The van der Waals surface area contributed by atoms with Crippen LogP contribution in [0.15, 0.2) is 84.9 Å². The molecular formula is C31H30N8O3S. The molecule has 2 aromatic carbocycles. The molecule has 0 atom stereocenters. The van der Waals surface area contributed by atoms with Gasteiger partial charge in [-0.15, -0.1) is 6.58 Å². The number of nitrogens with zero attached hydrogens (tertiary/aromatic N) is 7. The van der Waals surface area contributed by atoms with Gasteiger partial charge in [-0.1, -0.05) is 54.1 Å². The lowest BCUT2D eigenvalue weighted by Gasteiger charge is -2.11. The number of hydrogen-bond donors (Lipinski definition) is 1. The molecule has 1 aliphatic rings. The minimum Gasteiger partial charge on any atom is -0.748 e. The number of para-hydroxylation sites is 4. The molecule has 0 radical (unpaired) electrons. The van der Waals surface area contributed by atoms with Gasteiger partial charge in [-0.3, -0.25) is 0 Å². The van der Waals surface area contributed by atoms with E-state index in [9.17, 15) is 13.0 Å². The fourth-order valence-electron chi connectivity index (χ4n) is 5.20. The number of allylic oxidation sites excluding steroid dienone is 3. The molecule has 0 saturated carbocycles. The number of aryl methyl sites for hydroxylation is 1. The maximum absolute atomic E-state index is 11.2. The number of anilines is 2. The highest BCUT2D eigenvalue weighted by Crippen LogP contribution is 2.28. The van der Waals surface area contributed by atoms with Gasteiger partial charge in [-0.05, 0) is 43.2 Å². The summed E-state index contributed by atoms with van der Waals surface area (Å²) in [5, 5.41) is 3.37. The zero-order valence-corrected chi connectivity index (χ0v) is 24.2. The van der Waals surface area contributed by atoms with E-state index in [4.69, 9.17) is 19.9 Å². The molecule has 3 aromatic heterocycles. The molecule has 0 unspecified atom stereocenters. The lowest BCUT2D eigenvalue weighted by Crippen LogP contribution is -2.37. The Morgan fingerprint density at radius 1 is 0.930 bits per heavy atom. The van der Waals surface area contributed by atoms with Crippen LogP contribution in [0.5, 0.6) is 0 Å². The number of aromatic nitrogens is 6. The van der Waals surface area contributed by atoms with E-state index in [2.05, 4.69) is 18.5 Å². The monoisotopic (exact) mass is 594 g/mol. The minimum atomic E-state index is -4.29. The average Bonchev–Trinajstić information content (AvgIpc) is 3.46. The molecule has 5 aromatic rings. The molecule has 0 spiro atoms. The van der Waals surface area contributed by atoms with E-state index in [-0.39, 0.29) is 6.42 Å². The number of nitrogens with one attached hydrogen (secondary N) is 1. The molecule has 0 fully saturated rings. The zero-order valence-electron chi connectivity index (χ0n) is 23.4. The van der Waals surface area contributed by atoms with Crippen LogP contribution in [0.2, 0.25) is 0 Å². The number of benzene rings is 2. The molecule has 218 valence electrons. The van der Waals surface area contributed by atoms with Crippen molar-refractivity contribution >= 4 is 61.8 Å². The molecule has 0 aliphatic carbocycles. The van der Waals surface area contributed by atoms with Gasteiger partial charge < -0.3 is 14.4 Å². The van der Waals surface area contributed by atoms with Crippen molar-refractivity contribution in [3.63, 3.8) is 0 Å². The number of imidazole rings is 2. The first-order valence-corrected chi connectivity index (χ1v) is 15.5. The van der Waals surface area contributed by atoms with Gasteiger partial charge >= 0.3 is 5.65 Å². The van der Waals surface area contributed by atoms with Crippen LogP contribution in [-0.4, -0.2) is 42.8 Å². The van der Waals surface area contributed by atoms with Gasteiger partial charge in [0.1, 0.15) is 11.0 Å². The molecule has 4 heterocycles. The predicted octanol–water partition coefficient (Wildman–Crippen LogP) is 3.27. The summed E-state index contributed by atoms with van der Waals surface area (Å²) < 4.78 is 39.6. The summed E-state index contributed by atoms with van der Waals surface area (Å²) in [5.41, 5.74) is 6.01. The van der Waals surface area contributed by atoms with E-state index in [1.807, 2.05) is 80.5 Å². The molecule has 43 heavy (non-hydrogen) atoms. The van der Waals surface area contributed by atoms with Crippen LogP contribution in [0.25, 0.3) is 34.5 Å². The van der Waals surface area contributed by atoms with E-state index in [0.29, 0.717) is 48.6 Å². The van der Waals surface area contributed by atoms with E-state index in [1.165, 1.54) is 0 Å². The van der Waals surface area contributed by atoms with Crippen molar-refractivity contribution in [3.05, 3.63) is 96.7 Å². The molecule has 0 bridgehead atoms. The predicted molar refractivity (Wildman–Crippen MR) is 165 cm³/mol. The van der Waals surface area contributed by atoms with Crippen molar-refractivity contribution in [2.75, 3.05) is 11.1 Å². The van der Waals surface area contributed by atoms with Crippen LogP contribution in [0.4, 0.5) is 17.2 Å². The molecular weight excluding hydrogens is 564 g/mol. The second-order valence-corrected chi connectivity index (χ2v) is 11.6. The largest absolute Gasteiger partial charge is 0.748 e. The van der Waals surface area contributed by atoms with E-state index < -0.39 is 15.9 Å². The van der Waals surface area contributed by atoms with Gasteiger partial charge in [0.25, 0.3) is 5.65 Å². The van der Waals surface area contributed by atoms with Gasteiger partial charge in [0, 0.05) is 18.4 Å². The summed E-state index contributed by atoms with van der Waals surface area (Å²) in [7, 11) is -4.29. The Morgan fingerprint density at radius 3 is 2.42 bits per heavy atom. The Bertz CT molecular complexity index is 2150. The third-order valence-electron chi connectivity index (χ3n) is 7.09. The van der Waals surface area contributed by atoms with Gasteiger partial charge in [-0.2, -0.15) is 0 Å². The standard InChI is InChI=1S/C31H30N8O3S/c1-3-18-37-26(36-28-29(37)33-23-13-6-5-12-22(23)32-28)16-11-17-27-38(19-4-2)30-31(35-25-15-8-7-14-24(25)34-30)39(27)20-9-10-21-43(40,41)42/h3-8,11-17H,1-2,9-10,18-21H2,(H,40,41,42). The number of hydrogen-bond acceptors (Lipinski definition) is 8. The lowest BCUT2D eigenvalue weighted by atomic mass is 10.2. The van der Waals surface area contributed by atoms with Crippen molar-refractivity contribution in [1.29, 1.82) is 0 Å². The van der Waals surface area contributed by atoms with Crippen molar-refractivity contribution in [2.45, 2.75) is 32.5 Å². The van der Waals surface area contributed by atoms with Gasteiger partial charge in [-0.25, -0.2) is 32.5 Å². The molecule has 0 amide bonds. The van der Waals surface area contributed by atoms with Crippen LogP contribution in [0.1, 0.15) is 18.7 Å². The molecule has 1 N–H and O–H groups in total. The van der Waals surface area contributed by atoms with Crippen molar-refractivity contribution in [2.24, 2.45) is 4.99 Å². The van der Waals surface area contributed by atoms with Crippen LogP contribution >= 0.6 is 0 Å². The first kappa shape index (κ1) is 28.2. The van der Waals surface area contributed by atoms with Gasteiger partial charge in [0.15, 0.2) is 16.8 Å². The smallest absolute Gasteiger partial charge is 0.323 e. The molecule has 1 aliphatic heterocycles. The number of rotatable bonds is 11. The lowest BCUT2D eigenvalue weighted by molar-refractivity contribution is -0.676. The summed E-state index contributed by atoms with van der Waals surface area (Å²) in [5.74, 6) is 1.06. The van der Waals surface area contributed by atoms with Crippen LogP contribution < -0.4 is 20.9 Å². The van der Waals surface area contributed by atoms with E-state index in [0.717, 1.165) is 33.7 Å². The maximum Gasteiger partial charge on any atom is 0.323 e. The second-order valence-electron chi connectivity index (χ2n) is 10.1. The third kappa shape index (κ3) is 5.74. The van der Waals surface area contributed by atoms with E-state index >= 15 is 0 Å². The van der Waals surface area contributed by atoms with Crippen LogP contribution in [-0.2, 0) is 29.8 Å². The fraction of sp³-hybridized carbons (Fsp3) is 0.194. The summed E-state index contributed by atoms with van der Waals surface area (Å²) in [6.07, 6.45) is 10.1. The minimum absolute atomic E-state index is 0.243. The fourth-order valence-corrected chi connectivity index (χ4v) is 5.76. The molecule has 6 rings (SSSR count). The Labute approximate surface area is 248 Å². The summed E-state index contributed by atoms with van der Waals surface area (Å²) in [6, 6.07) is 15.5. The SMILES string of the molecule is C=CCn1c(=CC=Cc2n(CC=C)c3nc4ccccc4nc3[n+]2CCCCS(=O)(=O)[O-])nc2c1=Nc1ccccc1N2. The zero-order chi connectivity index (χ0) is 30.0. The summed E-state index contributed by atoms with van der Waals surface area (Å²) >= 11 is 0. The molecule has 11 nitrogen and oxygen atoms in total. The Balaban J connectivity index is 1.46. The molecule has 0 saturated heterocycles. The second kappa shape index (κ2) is 11.7. The third-order valence-corrected chi connectivity index (χ3v) is 7.88. The highest BCUT2D eigenvalue weighted by atomic mass is 32.2. The van der Waals surface area contributed by atoms with E-state index in [1.54, 1.807) is 12.2 Å². The highest BCUT2D eigenvalue weighted by molar-refractivity contribution is 7.85. The van der Waals surface area contributed by atoms with Crippen molar-refractivity contribution < 1.29 is 17.5 Å². The number of unbranched alkanes of at least 4 members (excludes halogenated alkanes) is 1. The van der Waals surface area contributed by atoms with Gasteiger partial charge in [0.2, 0.25) is 5.82 Å². The Kier molecular flexibility index (Phi) is 7.70. The van der Waals surface area contributed by atoms with Crippen molar-refractivity contribution in [3.8, 4) is 0 Å². The molecule has 12 heteroatoms. The summed E-state index contributed by atoms with van der Waals surface area (Å²) in [6.45, 7) is 9.30. The summed E-state index contributed by atoms with van der Waals surface area (Å²) in [4.78, 5) is 19.5. The Hall–Kier alpha value is -4.94. The number of fused-ring (bicyclic) bond motifs is 4. The Morgan fingerprint density at radius 2 is 1.65 bits per heavy atom. The topological polar surface area (TPSA) is 134 Å². The first-order valence-electron chi connectivity index (χ1n) is 13.9.